The Labute approximate surface area is 42.8 Å². The Morgan fingerprint density at radius 1 is 1.57 bits per heavy atom. The molecule has 0 rings (SSSR count). The second-order valence-electron chi connectivity index (χ2n) is 1.48. The smallest absolute Gasteiger partial charge is 0.152 e. The predicted molar refractivity (Wildman–Crippen MR) is 26.2 cm³/mol. The molecule has 1 unspecified atom stereocenters. The molecule has 1 radical (unpaired) electrons. The van der Waals surface area contributed by atoms with Crippen molar-refractivity contribution >= 4 is 0 Å². The lowest BCUT2D eigenvalue weighted by Crippen LogP contribution is -2.22. The highest BCUT2D eigenvalue weighted by Gasteiger charge is 1.99. The van der Waals surface area contributed by atoms with E-state index in [2.05, 4.69) is 6.92 Å². The van der Waals surface area contributed by atoms with Gasteiger partial charge in [0.15, 0.2) is 6.29 Å². The van der Waals surface area contributed by atoms with E-state index in [-0.39, 0.29) is 12.5 Å². The van der Waals surface area contributed by atoms with Gasteiger partial charge in [-0.1, -0.05) is 0 Å². The Morgan fingerprint density at radius 3 is 2.00 bits per heavy atom. The van der Waals surface area contributed by atoms with Crippen LogP contribution in [0.25, 0.3) is 0 Å². The maximum atomic E-state index is 8.16. The van der Waals surface area contributed by atoms with Crippen molar-refractivity contribution in [3.8, 4) is 0 Å². The van der Waals surface area contributed by atoms with E-state index in [9.17, 15) is 0 Å². The predicted octanol–water partition coefficient (Wildman–Crippen LogP) is -1.15. The molecule has 0 fully saturated rings. The lowest BCUT2D eigenvalue weighted by atomic mass is 10.2. The summed E-state index contributed by atoms with van der Waals surface area (Å²) in [5.74, 6) is 0. The van der Waals surface area contributed by atoms with Gasteiger partial charge in [-0.3, -0.25) is 0 Å². The van der Waals surface area contributed by atoms with Gasteiger partial charge in [0.2, 0.25) is 0 Å². The molecule has 7 heavy (non-hydrogen) atoms. The van der Waals surface area contributed by atoms with Crippen molar-refractivity contribution in [2.45, 2.75) is 18.8 Å². The van der Waals surface area contributed by atoms with Crippen LogP contribution in [0.2, 0.25) is 0 Å². The van der Waals surface area contributed by atoms with Gasteiger partial charge in [0.1, 0.15) is 0 Å². The molecule has 3 heteroatoms. The monoisotopic (exact) mass is 104 g/mol. The van der Waals surface area contributed by atoms with Gasteiger partial charge in [0.25, 0.3) is 0 Å². The zero-order valence-electron chi connectivity index (χ0n) is 4.04. The van der Waals surface area contributed by atoms with Crippen LogP contribution in [-0.2, 0) is 0 Å². The summed E-state index contributed by atoms with van der Waals surface area (Å²) in [5.41, 5.74) is 5.06. The molecule has 0 saturated heterocycles. The molecule has 0 saturated carbocycles. The second-order valence-corrected chi connectivity index (χ2v) is 1.48. The van der Waals surface area contributed by atoms with Crippen molar-refractivity contribution in [1.82, 2.24) is 0 Å². The van der Waals surface area contributed by atoms with Crippen molar-refractivity contribution < 1.29 is 10.2 Å². The number of hydrogen-bond acceptors (Lipinski definition) is 3. The van der Waals surface area contributed by atoms with Crippen LogP contribution in [0.15, 0.2) is 0 Å². The highest BCUT2D eigenvalue weighted by atomic mass is 16.5. The topological polar surface area (TPSA) is 66.5 Å². The van der Waals surface area contributed by atoms with E-state index in [0.717, 1.165) is 0 Å². The van der Waals surface area contributed by atoms with Crippen molar-refractivity contribution in [2.24, 2.45) is 5.73 Å². The third kappa shape index (κ3) is 5.88. The summed E-state index contributed by atoms with van der Waals surface area (Å²) in [6.07, 6.45) is -1.17. The van der Waals surface area contributed by atoms with Crippen LogP contribution in [0.4, 0.5) is 0 Å². The Morgan fingerprint density at radius 2 is 2.00 bits per heavy atom. The maximum Gasteiger partial charge on any atom is 0.152 e. The molecule has 0 aromatic heterocycles. The molecule has 0 spiro atoms. The highest BCUT2D eigenvalue weighted by molar-refractivity contribution is 4.62. The third-order valence-electron chi connectivity index (χ3n) is 0.514. The molecule has 0 aromatic carbocycles. The van der Waals surface area contributed by atoms with Gasteiger partial charge in [0, 0.05) is 12.5 Å². The summed E-state index contributed by atoms with van der Waals surface area (Å²) < 4.78 is 0. The van der Waals surface area contributed by atoms with Crippen molar-refractivity contribution in [3.63, 3.8) is 0 Å². The molecule has 0 aromatic rings. The minimum atomic E-state index is -1.31. The highest BCUT2D eigenvalue weighted by Crippen LogP contribution is 1.87. The number of hydrogen-bond donors (Lipinski definition) is 3. The van der Waals surface area contributed by atoms with Crippen molar-refractivity contribution in [2.75, 3.05) is 0 Å². The van der Waals surface area contributed by atoms with Gasteiger partial charge in [-0.2, -0.15) is 0 Å². The van der Waals surface area contributed by atoms with Gasteiger partial charge in [0.05, 0.1) is 0 Å². The summed E-state index contributed by atoms with van der Waals surface area (Å²) in [6, 6.07) is -0.375. The summed E-state index contributed by atoms with van der Waals surface area (Å²) in [7, 11) is 0. The van der Waals surface area contributed by atoms with Gasteiger partial charge in [-0.25, -0.2) is 0 Å². The molecular formula is C4H10NO2. The van der Waals surface area contributed by atoms with E-state index < -0.39 is 6.29 Å². The summed E-state index contributed by atoms with van der Waals surface area (Å²) >= 11 is 0. The van der Waals surface area contributed by atoms with Crippen LogP contribution < -0.4 is 5.73 Å². The fourth-order valence-corrected chi connectivity index (χ4v) is 0.271. The number of aliphatic hydroxyl groups is 2. The van der Waals surface area contributed by atoms with Gasteiger partial charge in [-0.05, 0) is 6.92 Å². The van der Waals surface area contributed by atoms with Crippen LogP contribution in [0, 0.1) is 6.92 Å². The second kappa shape index (κ2) is 2.96. The molecule has 1 atom stereocenters. The molecule has 0 amide bonds. The molecule has 3 nitrogen and oxygen atoms in total. The Bertz CT molecular complexity index is 39.0. The first-order valence-electron chi connectivity index (χ1n) is 2.07. The molecular weight excluding hydrogens is 94.0 g/mol. The Hall–Kier alpha value is -0.120. The van der Waals surface area contributed by atoms with E-state index in [4.69, 9.17) is 15.9 Å². The quantitative estimate of drug-likeness (QED) is 0.387. The SMILES string of the molecule is [CH2]C(N)CC(O)O. The molecule has 0 bridgehead atoms. The first-order valence-corrected chi connectivity index (χ1v) is 2.07. The summed E-state index contributed by atoms with van der Waals surface area (Å²) in [5, 5.41) is 16.3. The molecule has 0 heterocycles. The largest absolute Gasteiger partial charge is 0.368 e. The molecule has 0 aliphatic rings. The minimum absolute atomic E-state index is 0.139. The normalized spacial score (nSPS) is 15.0. The first kappa shape index (κ1) is 6.88. The summed E-state index contributed by atoms with van der Waals surface area (Å²) in [6.45, 7) is 3.34. The van der Waals surface area contributed by atoms with Crippen LogP contribution in [0.5, 0.6) is 0 Å². The number of nitrogens with two attached hydrogens (primary N) is 1. The third-order valence-corrected chi connectivity index (χ3v) is 0.514. The van der Waals surface area contributed by atoms with E-state index in [1.54, 1.807) is 0 Å². The zero-order valence-corrected chi connectivity index (χ0v) is 4.04. The fraction of sp³-hybridized carbons (Fsp3) is 0.750. The van der Waals surface area contributed by atoms with E-state index >= 15 is 0 Å². The van der Waals surface area contributed by atoms with Crippen molar-refractivity contribution in [3.05, 3.63) is 6.92 Å². The van der Waals surface area contributed by atoms with Crippen molar-refractivity contribution in [1.29, 1.82) is 0 Å². The van der Waals surface area contributed by atoms with Gasteiger partial charge < -0.3 is 15.9 Å². The van der Waals surface area contributed by atoms with Gasteiger partial charge in [-0.15, -0.1) is 0 Å². The molecule has 0 aliphatic carbocycles. The maximum absolute atomic E-state index is 8.16. The molecule has 4 N–H and O–H groups in total. The van der Waals surface area contributed by atoms with Crippen LogP contribution in [0.3, 0.4) is 0 Å². The first-order chi connectivity index (χ1) is 3.13. The van der Waals surface area contributed by atoms with E-state index in [1.807, 2.05) is 0 Å². The average Bonchev–Trinajstić information content (AvgIpc) is 1.27. The Kier molecular flexibility index (Phi) is 2.91. The number of rotatable bonds is 2. The van der Waals surface area contributed by atoms with E-state index in [0.29, 0.717) is 0 Å². The standard InChI is InChI=1S/C4H10NO2/c1-3(5)2-4(6)7/h3-4,6-7H,1-2,5H2. The lowest BCUT2D eigenvalue weighted by molar-refractivity contribution is -0.0468. The van der Waals surface area contributed by atoms with Gasteiger partial charge >= 0.3 is 0 Å². The summed E-state index contributed by atoms with van der Waals surface area (Å²) in [4.78, 5) is 0. The average molecular weight is 104 g/mol. The van der Waals surface area contributed by atoms with Crippen LogP contribution in [-0.4, -0.2) is 22.5 Å². The lowest BCUT2D eigenvalue weighted by Gasteiger charge is -2.04. The molecule has 43 valence electrons. The molecule has 0 aliphatic heterocycles. The van der Waals surface area contributed by atoms with Crippen LogP contribution in [0.1, 0.15) is 6.42 Å². The minimum Gasteiger partial charge on any atom is -0.368 e. The fourth-order valence-electron chi connectivity index (χ4n) is 0.271. The zero-order chi connectivity index (χ0) is 5.86. The number of aliphatic hydroxyl groups excluding tert-OH is 1. The van der Waals surface area contributed by atoms with E-state index in [1.165, 1.54) is 0 Å². The van der Waals surface area contributed by atoms with Crippen LogP contribution >= 0.6 is 0 Å². The Balaban J connectivity index is 2.95.